The molecule has 3 heteroatoms. The third-order valence-corrected chi connectivity index (χ3v) is 4.83. The summed E-state index contributed by atoms with van der Waals surface area (Å²) in [5.41, 5.74) is 0. The molecule has 1 N–H and O–H groups in total. The zero-order valence-electron chi connectivity index (χ0n) is 13.0. The monoisotopic (exact) mass is 267 g/mol. The molecule has 2 aliphatic rings. The van der Waals surface area contributed by atoms with Crippen LogP contribution in [0.1, 0.15) is 52.4 Å². The van der Waals surface area contributed by atoms with Crippen molar-refractivity contribution < 1.29 is 0 Å². The van der Waals surface area contributed by atoms with Crippen molar-refractivity contribution in [3.63, 3.8) is 0 Å². The molecule has 2 heterocycles. The minimum absolute atomic E-state index is 0.694. The van der Waals surface area contributed by atoms with Crippen molar-refractivity contribution in [3.8, 4) is 0 Å². The number of unbranched alkanes of at least 4 members (excludes halogenated alkanes) is 2. The predicted octanol–water partition coefficient (Wildman–Crippen LogP) is 2.32. The summed E-state index contributed by atoms with van der Waals surface area (Å²) in [6.07, 6.45) is 8.28. The molecule has 0 saturated carbocycles. The molecule has 0 amide bonds. The summed E-state index contributed by atoms with van der Waals surface area (Å²) < 4.78 is 0. The van der Waals surface area contributed by atoms with E-state index in [1.165, 1.54) is 77.8 Å². The van der Waals surface area contributed by atoms with Gasteiger partial charge in [0.05, 0.1) is 0 Å². The summed E-state index contributed by atoms with van der Waals surface area (Å²) in [5, 5.41) is 3.69. The Labute approximate surface area is 119 Å². The summed E-state index contributed by atoms with van der Waals surface area (Å²) in [4.78, 5) is 5.36. The molecule has 3 nitrogen and oxygen atoms in total. The van der Waals surface area contributed by atoms with E-state index in [0.717, 1.165) is 6.04 Å². The van der Waals surface area contributed by atoms with E-state index in [0.29, 0.717) is 6.04 Å². The van der Waals surface area contributed by atoms with Crippen molar-refractivity contribution in [2.45, 2.75) is 64.5 Å². The number of rotatable bonds is 8. The Morgan fingerprint density at radius 2 is 2.11 bits per heavy atom. The van der Waals surface area contributed by atoms with Crippen molar-refractivity contribution >= 4 is 0 Å². The van der Waals surface area contributed by atoms with Gasteiger partial charge in [-0.15, -0.1) is 0 Å². The molecule has 0 aromatic carbocycles. The predicted molar refractivity (Wildman–Crippen MR) is 82.6 cm³/mol. The summed E-state index contributed by atoms with van der Waals surface area (Å²) in [6, 6.07) is 1.56. The lowest BCUT2D eigenvalue weighted by molar-refractivity contribution is 0.105. The molecule has 0 radical (unpaired) electrons. The SMILES string of the molecule is CCCCCC(C)NCCN1CCN2CCCC2C1. The molecule has 2 aliphatic heterocycles. The highest BCUT2D eigenvalue weighted by atomic mass is 15.3. The fourth-order valence-electron chi connectivity index (χ4n) is 3.53. The van der Waals surface area contributed by atoms with Crippen LogP contribution in [0.5, 0.6) is 0 Å². The summed E-state index contributed by atoms with van der Waals surface area (Å²) in [5.74, 6) is 0. The van der Waals surface area contributed by atoms with Crippen molar-refractivity contribution in [3.05, 3.63) is 0 Å². The number of nitrogens with one attached hydrogen (secondary N) is 1. The molecule has 0 aromatic rings. The Bertz CT molecular complexity index is 244. The van der Waals surface area contributed by atoms with Crippen LogP contribution in [-0.2, 0) is 0 Å². The fraction of sp³-hybridized carbons (Fsp3) is 1.00. The van der Waals surface area contributed by atoms with Gasteiger partial charge in [-0.05, 0) is 32.7 Å². The third-order valence-electron chi connectivity index (χ3n) is 4.83. The molecule has 2 fully saturated rings. The maximum absolute atomic E-state index is 3.69. The van der Waals surface area contributed by atoms with Gasteiger partial charge in [0.1, 0.15) is 0 Å². The normalized spacial score (nSPS) is 26.5. The first kappa shape index (κ1) is 15.3. The third kappa shape index (κ3) is 5.05. The first-order valence-electron chi connectivity index (χ1n) is 8.49. The molecule has 2 atom stereocenters. The highest BCUT2D eigenvalue weighted by molar-refractivity contribution is 4.86. The van der Waals surface area contributed by atoms with Crippen molar-refractivity contribution in [1.29, 1.82) is 0 Å². The largest absolute Gasteiger partial charge is 0.313 e. The van der Waals surface area contributed by atoms with Crippen LogP contribution in [0.15, 0.2) is 0 Å². The van der Waals surface area contributed by atoms with E-state index in [1.54, 1.807) is 0 Å². The fourth-order valence-corrected chi connectivity index (χ4v) is 3.53. The molecule has 0 bridgehead atoms. The highest BCUT2D eigenvalue weighted by Gasteiger charge is 2.29. The van der Waals surface area contributed by atoms with Crippen molar-refractivity contribution in [2.75, 3.05) is 39.3 Å². The second-order valence-corrected chi connectivity index (χ2v) is 6.48. The smallest absolute Gasteiger partial charge is 0.0224 e. The number of piperazine rings is 1. The van der Waals surface area contributed by atoms with E-state index >= 15 is 0 Å². The zero-order chi connectivity index (χ0) is 13.5. The Hall–Kier alpha value is -0.120. The van der Waals surface area contributed by atoms with Crippen LogP contribution in [0.25, 0.3) is 0 Å². The van der Waals surface area contributed by atoms with Gasteiger partial charge in [0.2, 0.25) is 0 Å². The van der Waals surface area contributed by atoms with Crippen LogP contribution in [0.3, 0.4) is 0 Å². The highest BCUT2D eigenvalue weighted by Crippen LogP contribution is 2.20. The molecule has 2 saturated heterocycles. The average Bonchev–Trinajstić information content (AvgIpc) is 2.86. The van der Waals surface area contributed by atoms with E-state index < -0.39 is 0 Å². The van der Waals surface area contributed by atoms with E-state index in [1.807, 2.05) is 0 Å². The first-order valence-corrected chi connectivity index (χ1v) is 8.49. The van der Waals surface area contributed by atoms with Gasteiger partial charge < -0.3 is 5.32 Å². The van der Waals surface area contributed by atoms with E-state index in [9.17, 15) is 0 Å². The van der Waals surface area contributed by atoms with Crippen LogP contribution in [0.2, 0.25) is 0 Å². The van der Waals surface area contributed by atoms with E-state index in [4.69, 9.17) is 0 Å². The van der Waals surface area contributed by atoms with Gasteiger partial charge in [-0.1, -0.05) is 26.2 Å². The van der Waals surface area contributed by atoms with Gasteiger partial charge in [0, 0.05) is 44.8 Å². The Kier molecular flexibility index (Phi) is 6.62. The molecular weight excluding hydrogens is 234 g/mol. The molecule has 2 rings (SSSR count). The quantitative estimate of drug-likeness (QED) is 0.681. The molecule has 2 unspecified atom stereocenters. The molecule has 19 heavy (non-hydrogen) atoms. The summed E-state index contributed by atoms with van der Waals surface area (Å²) in [7, 11) is 0. The lowest BCUT2D eigenvalue weighted by Crippen LogP contribution is -2.51. The van der Waals surface area contributed by atoms with Crippen molar-refractivity contribution in [2.24, 2.45) is 0 Å². The van der Waals surface area contributed by atoms with E-state index in [-0.39, 0.29) is 0 Å². The minimum atomic E-state index is 0.694. The zero-order valence-corrected chi connectivity index (χ0v) is 13.0. The number of hydrogen-bond donors (Lipinski definition) is 1. The lowest BCUT2D eigenvalue weighted by Gasteiger charge is -2.37. The first-order chi connectivity index (χ1) is 9.29. The Balaban J connectivity index is 1.53. The van der Waals surface area contributed by atoms with Crippen LogP contribution in [0, 0.1) is 0 Å². The molecule has 112 valence electrons. The summed E-state index contributed by atoms with van der Waals surface area (Å²) in [6.45, 7) is 12.3. The molecule has 0 aliphatic carbocycles. The number of nitrogens with zero attached hydrogens (tertiary/aromatic N) is 2. The van der Waals surface area contributed by atoms with Gasteiger partial charge in [0.15, 0.2) is 0 Å². The number of hydrogen-bond acceptors (Lipinski definition) is 3. The molecular formula is C16H33N3. The van der Waals surface area contributed by atoms with Crippen LogP contribution >= 0.6 is 0 Å². The topological polar surface area (TPSA) is 18.5 Å². The van der Waals surface area contributed by atoms with Gasteiger partial charge in [-0.3, -0.25) is 9.80 Å². The maximum Gasteiger partial charge on any atom is 0.0224 e. The second kappa shape index (κ2) is 8.23. The van der Waals surface area contributed by atoms with E-state index in [2.05, 4.69) is 29.0 Å². The van der Waals surface area contributed by atoms with Gasteiger partial charge >= 0.3 is 0 Å². The minimum Gasteiger partial charge on any atom is -0.313 e. The van der Waals surface area contributed by atoms with Gasteiger partial charge in [0.25, 0.3) is 0 Å². The summed E-state index contributed by atoms with van der Waals surface area (Å²) >= 11 is 0. The van der Waals surface area contributed by atoms with Crippen LogP contribution in [0.4, 0.5) is 0 Å². The van der Waals surface area contributed by atoms with Crippen molar-refractivity contribution in [1.82, 2.24) is 15.1 Å². The Morgan fingerprint density at radius 1 is 1.21 bits per heavy atom. The Morgan fingerprint density at radius 3 is 2.95 bits per heavy atom. The molecule has 0 spiro atoms. The standard InChI is InChI=1S/C16H33N3/c1-3-4-5-7-15(2)17-9-11-18-12-13-19-10-6-8-16(19)14-18/h15-17H,3-14H2,1-2H3. The second-order valence-electron chi connectivity index (χ2n) is 6.48. The maximum atomic E-state index is 3.69. The lowest BCUT2D eigenvalue weighted by atomic mass is 10.1. The average molecular weight is 267 g/mol. The van der Waals surface area contributed by atoms with Gasteiger partial charge in [-0.25, -0.2) is 0 Å². The van der Waals surface area contributed by atoms with Gasteiger partial charge in [-0.2, -0.15) is 0 Å². The van der Waals surface area contributed by atoms with Crippen LogP contribution in [-0.4, -0.2) is 61.2 Å². The van der Waals surface area contributed by atoms with Crippen LogP contribution < -0.4 is 5.32 Å². The number of fused-ring (bicyclic) bond motifs is 1. The molecule has 0 aromatic heterocycles.